The quantitative estimate of drug-likeness (QED) is 0.461. The molecule has 1 unspecified atom stereocenters. The standard InChI is InChI=1S/C10H7F4N3O2/c1-3-10(19)15-4(18)2-17(3)7-5(11)8(13)16-9(14)6(7)12/h3H,2H2,1H3,(H,15,18,19). The Labute approximate surface area is 104 Å². The van der Waals surface area contributed by atoms with E-state index in [9.17, 15) is 27.2 Å². The van der Waals surface area contributed by atoms with Gasteiger partial charge in [0.15, 0.2) is 0 Å². The maximum atomic E-state index is 13.5. The summed E-state index contributed by atoms with van der Waals surface area (Å²) >= 11 is 0. The molecule has 0 aliphatic carbocycles. The number of carbonyl (C=O) groups is 2. The van der Waals surface area contributed by atoms with Crippen LogP contribution in [0.1, 0.15) is 6.92 Å². The number of imide groups is 1. The van der Waals surface area contributed by atoms with Gasteiger partial charge in [-0.15, -0.1) is 0 Å². The zero-order valence-corrected chi connectivity index (χ0v) is 9.51. The number of hydrogen-bond acceptors (Lipinski definition) is 4. The molecule has 2 rings (SSSR count). The number of pyridine rings is 1. The minimum Gasteiger partial charge on any atom is -0.345 e. The van der Waals surface area contributed by atoms with Crippen molar-refractivity contribution in [3.63, 3.8) is 0 Å². The van der Waals surface area contributed by atoms with Crippen LogP contribution >= 0.6 is 0 Å². The van der Waals surface area contributed by atoms with Crippen LogP contribution in [0.3, 0.4) is 0 Å². The Balaban J connectivity index is 2.57. The first-order chi connectivity index (χ1) is 8.82. The lowest BCUT2D eigenvalue weighted by Crippen LogP contribution is -2.57. The molecular formula is C10H7F4N3O2. The molecule has 2 amide bonds. The van der Waals surface area contributed by atoms with E-state index in [1.165, 1.54) is 6.92 Å². The molecule has 102 valence electrons. The van der Waals surface area contributed by atoms with Crippen molar-refractivity contribution in [3.05, 3.63) is 23.5 Å². The van der Waals surface area contributed by atoms with E-state index in [1.807, 2.05) is 5.32 Å². The molecule has 0 radical (unpaired) electrons. The highest BCUT2D eigenvalue weighted by Gasteiger charge is 2.36. The van der Waals surface area contributed by atoms with E-state index in [0.717, 1.165) is 0 Å². The van der Waals surface area contributed by atoms with Crippen LogP contribution in [0.15, 0.2) is 0 Å². The van der Waals surface area contributed by atoms with Crippen LogP contribution in [0.2, 0.25) is 0 Å². The molecule has 0 saturated carbocycles. The molecule has 9 heteroatoms. The Bertz CT molecular complexity index is 552. The zero-order valence-electron chi connectivity index (χ0n) is 9.51. The first kappa shape index (κ1) is 13.2. The van der Waals surface area contributed by atoms with Crippen molar-refractivity contribution in [2.45, 2.75) is 13.0 Å². The summed E-state index contributed by atoms with van der Waals surface area (Å²) < 4.78 is 53.0. The fraction of sp³-hybridized carbons (Fsp3) is 0.300. The van der Waals surface area contributed by atoms with E-state index in [1.54, 1.807) is 0 Å². The van der Waals surface area contributed by atoms with Gasteiger partial charge in [0, 0.05) is 0 Å². The molecule has 1 fully saturated rings. The molecule has 0 aromatic carbocycles. The van der Waals surface area contributed by atoms with Gasteiger partial charge < -0.3 is 4.90 Å². The molecule has 1 N–H and O–H groups in total. The monoisotopic (exact) mass is 277 g/mol. The van der Waals surface area contributed by atoms with Crippen LogP contribution in [-0.4, -0.2) is 29.4 Å². The number of hydrogen-bond donors (Lipinski definition) is 1. The Hall–Kier alpha value is -2.19. The van der Waals surface area contributed by atoms with Crippen LogP contribution in [0.5, 0.6) is 0 Å². The number of aromatic nitrogens is 1. The minimum absolute atomic E-state index is 0.608. The Morgan fingerprint density at radius 3 is 2.21 bits per heavy atom. The molecule has 0 spiro atoms. The van der Waals surface area contributed by atoms with Crippen molar-refractivity contribution in [1.29, 1.82) is 0 Å². The second-order valence-electron chi connectivity index (χ2n) is 3.89. The van der Waals surface area contributed by atoms with Crippen molar-refractivity contribution in [1.82, 2.24) is 10.3 Å². The largest absolute Gasteiger partial charge is 0.345 e. The summed E-state index contributed by atoms with van der Waals surface area (Å²) in [4.78, 5) is 25.6. The molecule has 1 aromatic heterocycles. The normalized spacial score (nSPS) is 19.6. The first-order valence-electron chi connectivity index (χ1n) is 5.13. The lowest BCUT2D eigenvalue weighted by molar-refractivity contribution is -0.132. The number of amides is 2. The molecule has 1 aliphatic heterocycles. The van der Waals surface area contributed by atoms with E-state index < -0.39 is 53.6 Å². The average Bonchev–Trinajstić information content (AvgIpc) is 2.33. The van der Waals surface area contributed by atoms with Gasteiger partial charge in [-0.3, -0.25) is 14.9 Å². The fourth-order valence-corrected chi connectivity index (χ4v) is 1.72. The van der Waals surface area contributed by atoms with Crippen molar-refractivity contribution in [2.75, 3.05) is 11.4 Å². The van der Waals surface area contributed by atoms with Gasteiger partial charge in [0.25, 0.3) is 11.9 Å². The molecule has 5 nitrogen and oxygen atoms in total. The van der Waals surface area contributed by atoms with Crippen LogP contribution in [0, 0.1) is 23.5 Å². The van der Waals surface area contributed by atoms with Crippen LogP contribution in [-0.2, 0) is 9.59 Å². The second kappa shape index (κ2) is 4.48. The van der Waals surface area contributed by atoms with Gasteiger partial charge in [0.1, 0.15) is 11.7 Å². The molecule has 19 heavy (non-hydrogen) atoms. The van der Waals surface area contributed by atoms with E-state index >= 15 is 0 Å². The topological polar surface area (TPSA) is 62.3 Å². The second-order valence-corrected chi connectivity index (χ2v) is 3.89. The average molecular weight is 277 g/mol. The van der Waals surface area contributed by atoms with Crippen LogP contribution in [0.25, 0.3) is 0 Å². The summed E-state index contributed by atoms with van der Waals surface area (Å²) in [6.45, 7) is 0.626. The predicted molar refractivity (Wildman–Crippen MR) is 54.0 cm³/mol. The van der Waals surface area contributed by atoms with Gasteiger partial charge in [0.2, 0.25) is 23.4 Å². The molecule has 1 aliphatic rings. The highest BCUT2D eigenvalue weighted by molar-refractivity contribution is 6.04. The SMILES string of the molecule is CC1C(=O)NC(=O)CN1c1c(F)c(F)nc(F)c1F. The van der Waals surface area contributed by atoms with Gasteiger partial charge >= 0.3 is 0 Å². The molecule has 0 bridgehead atoms. The van der Waals surface area contributed by atoms with Gasteiger partial charge in [-0.2, -0.15) is 22.5 Å². The third-order valence-corrected chi connectivity index (χ3v) is 2.69. The number of nitrogens with zero attached hydrogens (tertiary/aromatic N) is 2. The zero-order chi connectivity index (χ0) is 14.3. The van der Waals surface area contributed by atoms with Crippen LogP contribution < -0.4 is 10.2 Å². The molecule has 1 atom stereocenters. The third-order valence-electron chi connectivity index (χ3n) is 2.69. The predicted octanol–water partition coefficient (Wildman–Crippen LogP) is 0.489. The van der Waals surface area contributed by atoms with Gasteiger partial charge in [-0.05, 0) is 6.92 Å². The number of piperazine rings is 1. The smallest absolute Gasteiger partial charge is 0.253 e. The lowest BCUT2D eigenvalue weighted by atomic mass is 10.1. The number of anilines is 1. The Morgan fingerprint density at radius 2 is 1.68 bits per heavy atom. The van der Waals surface area contributed by atoms with Gasteiger partial charge in [-0.1, -0.05) is 0 Å². The maximum absolute atomic E-state index is 13.5. The number of carbonyl (C=O) groups excluding carboxylic acids is 2. The minimum atomic E-state index is -1.85. The van der Waals surface area contributed by atoms with Crippen molar-refractivity contribution < 1.29 is 27.2 Å². The van der Waals surface area contributed by atoms with Crippen molar-refractivity contribution >= 4 is 17.5 Å². The van der Waals surface area contributed by atoms with Gasteiger partial charge in [-0.25, -0.2) is 0 Å². The van der Waals surface area contributed by atoms with Crippen molar-refractivity contribution in [2.24, 2.45) is 0 Å². The highest BCUT2D eigenvalue weighted by atomic mass is 19.2. The lowest BCUT2D eigenvalue weighted by Gasteiger charge is -2.33. The number of nitrogens with one attached hydrogen (secondary N) is 1. The summed E-state index contributed by atoms with van der Waals surface area (Å²) in [5, 5.41) is 1.93. The molecule has 2 heterocycles. The fourth-order valence-electron chi connectivity index (χ4n) is 1.72. The third kappa shape index (κ3) is 2.11. The number of halogens is 4. The summed E-state index contributed by atoms with van der Waals surface area (Å²) in [6, 6.07) is -1.16. The molecule has 1 saturated heterocycles. The first-order valence-corrected chi connectivity index (χ1v) is 5.13. The number of rotatable bonds is 1. The summed E-state index contributed by atoms with van der Waals surface area (Å²) in [6.07, 6.45) is 0. The molecule has 1 aromatic rings. The van der Waals surface area contributed by atoms with Crippen molar-refractivity contribution in [3.8, 4) is 0 Å². The highest BCUT2D eigenvalue weighted by Crippen LogP contribution is 2.28. The van der Waals surface area contributed by atoms with Crippen LogP contribution in [0.4, 0.5) is 23.2 Å². The van der Waals surface area contributed by atoms with Gasteiger partial charge in [0.05, 0.1) is 6.54 Å². The Morgan fingerprint density at radius 1 is 1.16 bits per heavy atom. The van der Waals surface area contributed by atoms with E-state index in [2.05, 4.69) is 4.98 Å². The maximum Gasteiger partial charge on any atom is 0.253 e. The van der Waals surface area contributed by atoms with E-state index in [4.69, 9.17) is 0 Å². The van der Waals surface area contributed by atoms with E-state index in [-0.39, 0.29) is 0 Å². The molecular weight excluding hydrogens is 270 g/mol. The van der Waals surface area contributed by atoms with E-state index in [0.29, 0.717) is 4.90 Å². The summed E-state index contributed by atoms with van der Waals surface area (Å²) in [5.41, 5.74) is -1.12. The summed E-state index contributed by atoms with van der Waals surface area (Å²) in [7, 11) is 0. The Kier molecular flexibility index (Phi) is 3.13. The summed E-state index contributed by atoms with van der Waals surface area (Å²) in [5.74, 6) is -8.87.